The number of fused-ring (bicyclic) bond motifs is 1. The molecule has 0 N–H and O–H groups in total. The first-order valence-electron chi connectivity index (χ1n) is 9.78. The van der Waals surface area contributed by atoms with Crippen LogP contribution in [0.2, 0.25) is 0 Å². The largest absolute Gasteiger partial charge is 0.435 e. The summed E-state index contributed by atoms with van der Waals surface area (Å²) in [5.41, 5.74) is 0.945. The van der Waals surface area contributed by atoms with E-state index in [0.717, 1.165) is 18.4 Å². The Morgan fingerprint density at radius 2 is 1.93 bits per heavy atom. The van der Waals surface area contributed by atoms with Crippen LogP contribution in [-0.2, 0) is 16.1 Å². The highest BCUT2D eigenvalue weighted by atomic mass is 19.3. The van der Waals surface area contributed by atoms with Crippen molar-refractivity contribution in [2.75, 3.05) is 19.6 Å². The number of rotatable bonds is 7. The molecule has 1 aromatic carbocycles. The van der Waals surface area contributed by atoms with Gasteiger partial charge >= 0.3 is 6.61 Å². The maximum absolute atomic E-state index is 12.7. The summed E-state index contributed by atoms with van der Waals surface area (Å²) in [6.45, 7) is 3.42. The van der Waals surface area contributed by atoms with E-state index >= 15 is 0 Å². The zero-order valence-electron chi connectivity index (χ0n) is 16.3. The van der Waals surface area contributed by atoms with E-state index in [0.29, 0.717) is 32.6 Å². The van der Waals surface area contributed by atoms with Crippen LogP contribution in [0.4, 0.5) is 8.78 Å². The van der Waals surface area contributed by atoms with Gasteiger partial charge in [-0.1, -0.05) is 25.5 Å². The Morgan fingerprint density at radius 1 is 1.21 bits per heavy atom. The maximum atomic E-state index is 12.7. The van der Waals surface area contributed by atoms with Gasteiger partial charge in [-0.2, -0.15) is 8.78 Å². The summed E-state index contributed by atoms with van der Waals surface area (Å²) in [5, 5.41) is 0. The molecule has 2 saturated heterocycles. The third-order valence-corrected chi connectivity index (χ3v) is 5.43. The maximum Gasteiger partial charge on any atom is 0.387 e. The van der Waals surface area contributed by atoms with Crippen molar-refractivity contribution in [3.8, 4) is 5.75 Å². The molecule has 2 aliphatic rings. The minimum absolute atomic E-state index is 0.00778. The molecule has 2 unspecified atom stereocenters. The lowest BCUT2D eigenvalue weighted by molar-refractivity contribution is -0.169. The molecule has 0 bridgehead atoms. The van der Waals surface area contributed by atoms with Crippen LogP contribution < -0.4 is 4.74 Å². The van der Waals surface area contributed by atoms with Gasteiger partial charge in [-0.15, -0.1) is 0 Å². The van der Waals surface area contributed by atoms with Crippen molar-refractivity contribution in [2.24, 2.45) is 0 Å². The van der Waals surface area contributed by atoms with E-state index in [4.69, 9.17) is 0 Å². The van der Waals surface area contributed by atoms with Crippen LogP contribution in [0.3, 0.4) is 0 Å². The van der Waals surface area contributed by atoms with Crippen molar-refractivity contribution >= 4 is 11.8 Å². The normalized spacial score (nSPS) is 23.3. The molecule has 1 aromatic rings. The lowest BCUT2D eigenvalue weighted by Crippen LogP contribution is -2.69. The SMILES string of the molecule is CCCCN1CC2N(Cc3ccc(OC(F)F)cc3)CCC(=O)N2C(C)C1=O. The molecule has 28 heavy (non-hydrogen) atoms. The molecule has 2 atom stereocenters. The second-order valence-electron chi connectivity index (χ2n) is 7.34. The highest BCUT2D eigenvalue weighted by Crippen LogP contribution is 2.27. The zero-order chi connectivity index (χ0) is 20.3. The predicted molar refractivity (Wildman–Crippen MR) is 99.7 cm³/mol. The van der Waals surface area contributed by atoms with Gasteiger partial charge in [-0.25, -0.2) is 0 Å². The number of carbonyl (C=O) groups is 2. The molecule has 154 valence electrons. The first kappa shape index (κ1) is 20.5. The quantitative estimate of drug-likeness (QED) is 0.712. The minimum Gasteiger partial charge on any atom is -0.435 e. The third kappa shape index (κ3) is 4.43. The number of ether oxygens (including phenoxy) is 1. The fraction of sp³-hybridized carbons (Fsp3) is 0.600. The second kappa shape index (κ2) is 8.86. The first-order valence-corrected chi connectivity index (χ1v) is 9.78. The number of unbranched alkanes of at least 4 members (excludes halogenated alkanes) is 1. The number of halogens is 2. The van der Waals surface area contributed by atoms with Gasteiger partial charge in [0.1, 0.15) is 18.0 Å². The van der Waals surface area contributed by atoms with Crippen molar-refractivity contribution < 1.29 is 23.1 Å². The molecule has 6 nitrogen and oxygen atoms in total. The number of piperazine rings is 1. The van der Waals surface area contributed by atoms with Crippen LogP contribution in [0.25, 0.3) is 0 Å². The standard InChI is InChI=1S/C20H27F2N3O3/c1-3-4-10-24-13-17-23(11-9-18(26)25(17)14(2)19(24)27)12-15-5-7-16(8-6-15)28-20(21)22/h5-8,14,17,20H,3-4,9-13H2,1-2H3. The molecule has 2 aliphatic heterocycles. The van der Waals surface area contributed by atoms with Crippen LogP contribution in [-0.4, -0.2) is 65.0 Å². The van der Waals surface area contributed by atoms with E-state index in [2.05, 4.69) is 16.6 Å². The van der Waals surface area contributed by atoms with Gasteiger partial charge < -0.3 is 14.5 Å². The van der Waals surface area contributed by atoms with E-state index in [9.17, 15) is 18.4 Å². The van der Waals surface area contributed by atoms with E-state index in [1.54, 1.807) is 24.0 Å². The molecule has 2 fully saturated rings. The number of hydrogen-bond donors (Lipinski definition) is 0. The molecule has 0 aliphatic carbocycles. The number of carbonyl (C=O) groups excluding carboxylic acids is 2. The molecule has 2 heterocycles. The van der Waals surface area contributed by atoms with Gasteiger partial charge in [0.2, 0.25) is 11.8 Å². The summed E-state index contributed by atoms with van der Waals surface area (Å²) in [6.07, 6.45) is 2.14. The van der Waals surface area contributed by atoms with Gasteiger partial charge in [0.15, 0.2) is 0 Å². The Kier molecular flexibility index (Phi) is 6.49. The summed E-state index contributed by atoms with van der Waals surface area (Å²) in [5.74, 6) is 0.142. The topological polar surface area (TPSA) is 53.1 Å². The van der Waals surface area contributed by atoms with Crippen molar-refractivity contribution in [1.29, 1.82) is 0 Å². The lowest BCUT2D eigenvalue weighted by atomic mass is 10.0. The summed E-state index contributed by atoms with van der Waals surface area (Å²) < 4.78 is 29.0. The molecular formula is C20H27F2N3O3. The van der Waals surface area contributed by atoms with Crippen LogP contribution in [0.15, 0.2) is 24.3 Å². The fourth-order valence-electron chi connectivity index (χ4n) is 3.95. The Labute approximate surface area is 164 Å². The minimum atomic E-state index is -2.84. The lowest BCUT2D eigenvalue weighted by Gasteiger charge is -2.51. The molecule has 3 rings (SSSR count). The molecule has 2 amide bonds. The monoisotopic (exact) mass is 395 g/mol. The number of alkyl halides is 2. The Hall–Kier alpha value is -2.22. The second-order valence-corrected chi connectivity index (χ2v) is 7.34. The average molecular weight is 395 g/mol. The highest BCUT2D eigenvalue weighted by Gasteiger charge is 2.45. The Morgan fingerprint density at radius 3 is 2.57 bits per heavy atom. The number of benzene rings is 1. The van der Waals surface area contributed by atoms with Gasteiger partial charge in [-0.05, 0) is 31.0 Å². The van der Waals surface area contributed by atoms with Gasteiger partial charge in [-0.3, -0.25) is 14.5 Å². The van der Waals surface area contributed by atoms with Crippen LogP contribution >= 0.6 is 0 Å². The third-order valence-electron chi connectivity index (χ3n) is 5.43. The fourth-order valence-corrected chi connectivity index (χ4v) is 3.95. The summed E-state index contributed by atoms with van der Waals surface area (Å²) in [6, 6.07) is 6.09. The van der Waals surface area contributed by atoms with E-state index < -0.39 is 12.7 Å². The Balaban J connectivity index is 1.74. The first-order chi connectivity index (χ1) is 13.4. The van der Waals surface area contributed by atoms with Crippen LogP contribution in [0.1, 0.15) is 38.7 Å². The van der Waals surface area contributed by atoms with E-state index in [1.807, 2.05) is 4.90 Å². The van der Waals surface area contributed by atoms with Crippen molar-refractivity contribution in [3.05, 3.63) is 29.8 Å². The highest BCUT2D eigenvalue weighted by molar-refractivity contribution is 5.89. The average Bonchev–Trinajstić information content (AvgIpc) is 2.66. The van der Waals surface area contributed by atoms with Crippen LogP contribution in [0.5, 0.6) is 5.75 Å². The van der Waals surface area contributed by atoms with Crippen molar-refractivity contribution in [1.82, 2.24) is 14.7 Å². The molecule has 0 aromatic heterocycles. The smallest absolute Gasteiger partial charge is 0.387 e. The van der Waals surface area contributed by atoms with Crippen LogP contribution in [0, 0.1) is 0 Å². The van der Waals surface area contributed by atoms with Crippen molar-refractivity contribution in [2.45, 2.75) is 58.5 Å². The Bertz CT molecular complexity index is 698. The molecule has 0 saturated carbocycles. The summed E-state index contributed by atoms with van der Waals surface area (Å²) in [7, 11) is 0. The van der Waals surface area contributed by atoms with E-state index in [1.165, 1.54) is 12.1 Å². The molecule has 0 spiro atoms. The summed E-state index contributed by atoms with van der Waals surface area (Å²) >= 11 is 0. The predicted octanol–water partition coefficient (Wildman–Crippen LogP) is 2.68. The summed E-state index contributed by atoms with van der Waals surface area (Å²) in [4.78, 5) is 30.9. The molecular weight excluding hydrogens is 368 g/mol. The van der Waals surface area contributed by atoms with Gasteiger partial charge in [0.05, 0.1) is 6.54 Å². The number of hydrogen-bond acceptors (Lipinski definition) is 4. The van der Waals surface area contributed by atoms with E-state index in [-0.39, 0.29) is 23.7 Å². The van der Waals surface area contributed by atoms with Crippen molar-refractivity contribution in [3.63, 3.8) is 0 Å². The number of amides is 2. The number of nitrogens with zero attached hydrogens (tertiary/aromatic N) is 3. The van der Waals surface area contributed by atoms with Gasteiger partial charge in [0.25, 0.3) is 0 Å². The molecule has 0 radical (unpaired) electrons. The van der Waals surface area contributed by atoms with Gasteiger partial charge in [0, 0.05) is 26.1 Å². The zero-order valence-corrected chi connectivity index (χ0v) is 16.3. The molecule has 8 heteroatoms.